The van der Waals surface area contributed by atoms with Crippen molar-refractivity contribution in [3.63, 3.8) is 0 Å². The van der Waals surface area contributed by atoms with Gasteiger partial charge in [-0.2, -0.15) is 0 Å². The number of hydrogen-bond acceptors (Lipinski definition) is 5. The van der Waals surface area contributed by atoms with Gasteiger partial charge >= 0.3 is 0 Å². The Morgan fingerprint density at radius 2 is 1.90 bits per heavy atom. The monoisotopic (exact) mass is 321 g/mol. The summed E-state index contributed by atoms with van der Waals surface area (Å²) in [4.78, 5) is 0. The van der Waals surface area contributed by atoms with Crippen molar-refractivity contribution in [2.45, 2.75) is 37.6 Å². The maximum absolute atomic E-state index is 4.17. The molecule has 1 unspecified atom stereocenters. The normalized spacial score (nSPS) is 12.8. The standard InChI is InChI=1S/C16H23N3S2/c1-11(2)9-13-5-7-14(8-6-13)15(17-4)10-20-16-19-18-12(3)21-16/h5-8,11,15,17H,9-10H2,1-4H3. The lowest BCUT2D eigenvalue weighted by molar-refractivity contribution is 0.643. The van der Waals surface area contributed by atoms with E-state index < -0.39 is 0 Å². The van der Waals surface area contributed by atoms with E-state index in [2.05, 4.69) is 53.6 Å². The van der Waals surface area contributed by atoms with Crippen LogP contribution in [0.3, 0.4) is 0 Å². The molecule has 1 N–H and O–H groups in total. The number of rotatable bonds is 7. The zero-order chi connectivity index (χ0) is 15.2. The third kappa shape index (κ3) is 5.09. The Kier molecular flexibility index (Phi) is 6.21. The number of hydrogen-bond donors (Lipinski definition) is 1. The Bertz CT molecular complexity index is 549. The SMILES string of the molecule is CNC(CSc1nnc(C)s1)c1ccc(CC(C)C)cc1. The average Bonchev–Trinajstić information content (AvgIpc) is 2.86. The molecule has 0 aliphatic rings. The molecule has 0 spiro atoms. The van der Waals surface area contributed by atoms with Gasteiger partial charge in [-0.1, -0.05) is 61.2 Å². The molecule has 1 aromatic heterocycles. The quantitative estimate of drug-likeness (QED) is 0.779. The summed E-state index contributed by atoms with van der Waals surface area (Å²) in [7, 11) is 2.01. The van der Waals surface area contributed by atoms with E-state index in [0.29, 0.717) is 12.0 Å². The van der Waals surface area contributed by atoms with Gasteiger partial charge in [0.2, 0.25) is 0 Å². The molecule has 0 radical (unpaired) electrons. The van der Waals surface area contributed by atoms with Gasteiger partial charge in [-0.15, -0.1) is 10.2 Å². The molecule has 0 bridgehead atoms. The second-order valence-corrected chi connectivity index (χ2v) is 8.03. The Morgan fingerprint density at radius 3 is 2.43 bits per heavy atom. The largest absolute Gasteiger partial charge is 0.312 e. The molecule has 0 saturated heterocycles. The van der Waals surface area contributed by atoms with Gasteiger partial charge in [0.05, 0.1) is 0 Å². The molecule has 0 aliphatic heterocycles. The fourth-order valence-corrected chi connectivity index (χ4v) is 4.18. The lowest BCUT2D eigenvalue weighted by atomic mass is 10.00. The van der Waals surface area contributed by atoms with Gasteiger partial charge in [0.15, 0.2) is 4.34 Å². The molecule has 1 atom stereocenters. The molecule has 1 aromatic carbocycles. The minimum Gasteiger partial charge on any atom is -0.312 e. The van der Waals surface area contributed by atoms with E-state index in [9.17, 15) is 0 Å². The number of thioether (sulfide) groups is 1. The van der Waals surface area contributed by atoms with E-state index in [4.69, 9.17) is 0 Å². The highest BCUT2D eigenvalue weighted by Gasteiger charge is 2.11. The third-order valence-corrected chi connectivity index (χ3v) is 5.32. The lowest BCUT2D eigenvalue weighted by Gasteiger charge is -2.16. The van der Waals surface area contributed by atoms with E-state index in [1.54, 1.807) is 23.1 Å². The van der Waals surface area contributed by atoms with Crippen LogP contribution >= 0.6 is 23.1 Å². The van der Waals surface area contributed by atoms with Crippen molar-refractivity contribution in [2.75, 3.05) is 12.8 Å². The van der Waals surface area contributed by atoms with Crippen molar-refractivity contribution in [2.24, 2.45) is 5.92 Å². The van der Waals surface area contributed by atoms with Crippen molar-refractivity contribution >= 4 is 23.1 Å². The van der Waals surface area contributed by atoms with E-state index in [1.807, 2.05) is 14.0 Å². The van der Waals surface area contributed by atoms with Crippen LogP contribution in [0.2, 0.25) is 0 Å². The first-order valence-corrected chi connectivity index (χ1v) is 9.07. The Morgan fingerprint density at radius 1 is 1.19 bits per heavy atom. The number of aryl methyl sites for hydroxylation is 1. The maximum atomic E-state index is 4.17. The molecule has 1 heterocycles. The summed E-state index contributed by atoms with van der Waals surface area (Å²) in [6, 6.07) is 9.32. The number of benzene rings is 1. The van der Waals surface area contributed by atoms with E-state index in [0.717, 1.165) is 21.5 Å². The van der Waals surface area contributed by atoms with Crippen molar-refractivity contribution in [1.82, 2.24) is 15.5 Å². The second-order valence-electron chi connectivity index (χ2n) is 5.58. The van der Waals surface area contributed by atoms with Crippen molar-refractivity contribution in [1.29, 1.82) is 0 Å². The molecule has 3 nitrogen and oxygen atoms in total. The highest BCUT2D eigenvalue weighted by atomic mass is 32.2. The predicted octanol–water partition coefficient (Wildman–Crippen LogP) is 4.10. The minimum atomic E-state index is 0.340. The fraction of sp³-hybridized carbons (Fsp3) is 0.500. The van der Waals surface area contributed by atoms with Crippen LogP contribution < -0.4 is 5.32 Å². The first-order valence-electron chi connectivity index (χ1n) is 7.27. The summed E-state index contributed by atoms with van der Waals surface area (Å²) in [5.41, 5.74) is 2.75. The third-order valence-electron chi connectivity index (χ3n) is 3.26. The van der Waals surface area contributed by atoms with Gasteiger partial charge < -0.3 is 5.32 Å². The summed E-state index contributed by atoms with van der Waals surface area (Å²) in [6.45, 7) is 6.50. The first-order chi connectivity index (χ1) is 10.1. The highest BCUT2D eigenvalue weighted by Crippen LogP contribution is 2.27. The van der Waals surface area contributed by atoms with E-state index in [-0.39, 0.29) is 0 Å². The van der Waals surface area contributed by atoms with Gasteiger partial charge in [0, 0.05) is 11.8 Å². The number of aromatic nitrogens is 2. The Hall–Kier alpha value is -0.910. The average molecular weight is 322 g/mol. The zero-order valence-corrected chi connectivity index (χ0v) is 14.7. The van der Waals surface area contributed by atoms with Crippen LogP contribution in [0.15, 0.2) is 28.6 Å². The van der Waals surface area contributed by atoms with Crippen molar-refractivity contribution < 1.29 is 0 Å². The van der Waals surface area contributed by atoms with Crippen LogP contribution in [-0.2, 0) is 6.42 Å². The zero-order valence-electron chi connectivity index (χ0n) is 13.1. The van der Waals surface area contributed by atoms with Crippen LogP contribution in [0.1, 0.15) is 36.0 Å². The molecule has 0 amide bonds. The number of nitrogens with zero attached hydrogens (tertiary/aromatic N) is 2. The van der Waals surface area contributed by atoms with Gasteiger partial charge in [0.1, 0.15) is 5.01 Å². The Labute approximate surface area is 135 Å². The summed E-state index contributed by atoms with van der Waals surface area (Å²) < 4.78 is 1.05. The molecular formula is C16H23N3S2. The number of nitrogens with one attached hydrogen (secondary N) is 1. The first kappa shape index (κ1) is 16.5. The summed E-state index contributed by atoms with van der Waals surface area (Å²) in [6.07, 6.45) is 1.14. The highest BCUT2D eigenvalue weighted by molar-refractivity contribution is 8.01. The summed E-state index contributed by atoms with van der Waals surface area (Å²) >= 11 is 3.42. The molecular weight excluding hydrogens is 298 g/mol. The van der Waals surface area contributed by atoms with Gasteiger partial charge in [0.25, 0.3) is 0 Å². The second kappa shape index (κ2) is 7.92. The van der Waals surface area contributed by atoms with Crippen LogP contribution in [0.4, 0.5) is 0 Å². The summed E-state index contributed by atoms with van der Waals surface area (Å²) in [5, 5.41) is 12.6. The fourth-order valence-electron chi connectivity index (χ4n) is 2.20. The van der Waals surface area contributed by atoms with Gasteiger partial charge in [-0.25, -0.2) is 0 Å². The molecule has 2 rings (SSSR count). The van der Waals surface area contributed by atoms with Crippen LogP contribution in [-0.4, -0.2) is 23.0 Å². The smallest absolute Gasteiger partial charge is 0.174 e. The summed E-state index contributed by atoms with van der Waals surface area (Å²) in [5.74, 6) is 1.67. The van der Waals surface area contributed by atoms with E-state index >= 15 is 0 Å². The molecule has 21 heavy (non-hydrogen) atoms. The van der Waals surface area contributed by atoms with Gasteiger partial charge in [-0.3, -0.25) is 0 Å². The van der Waals surface area contributed by atoms with Crippen LogP contribution in [0.25, 0.3) is 0 Å². The van der Waals surface area contributed by atoms with E-state index in [1.165, 1.54) is 11.1 Å². The topological polar surface area (TPSA) is 37.8 Å². The van der Waals surface area contributed by atoms with Crippen molar-refractivity contribution in [3.8, 4) is 0 Å². The molecule has 2 aromatic rings. The van der Waals surface area contributed by atoms with Crippen molar-refractivity contribution in [3.05, 3.63) is 40.4 Å². The predicted molar refractivity (Wildman–Crippen MR) is 92.2 cm³/mol. The Balaban J connectivity index is 1.96. The maximum Gasteiger partial charge on any atom is 0.174 e. The molecule has 0 fully saturated rings. The molecule has 0 aliphatic carbocycles. The van der Waals surface area contributed by atoms with Crippen LogP contribution in [0.5, 0.6) is 0 Å². The minimum absolute atomic E-state index is 0.340. The lowest BCUT2D eigenvalue weighted by Crippen LogP contribution is -2.18. The molecule has 5 heteroatoms. The van der Waals surface area contributed by atoms with Crippen LogP contribution in [0, 0.1) is 12.8 Å². The molecule has 114 valence electrons. The molecule has 0 saturated carbocycles. The van der Waals surface area contributed by atoms with Gasteiger partial charge in [-0.05, 0) is 37.4 Å².